The second-order valence-electron chi connectivity index (χ2n) is 5.02. The number of alkyl carbamates (subject to hydrolysis) is 1. The van der Waals surface area contributed by atoms with Crippen LogP contribution in [0.15, 0.2) is 36.8 Å². The zero-order valence-electron chi connectivity index (χ0n) is 13.9. The molecule has 0 atom stereocenters. The molecule has 0 saturated heterocycles. The van der Waals surface area contributed by atoms with E-state index in [1.165, 1.54) is 7.05 Å². The van der Waals surface area contributed by atoms with Gasteiger partial charge < -0.3 is 20.1 Å². The standard InChI is InChI=1S/C16H18N6O3/c1-17-16(23)25-8-7-19-14-3-4-15-20-9-12(22(15)21-14)11-5-6-18-10-13(11)24-2/h3-6,9-10H,7-8H2,1-2H3,(H,17,23)(H,19,21). The molecule has 0 aliphatic carbocycles. The SMILES string of the molecule is CNC(=O)OCCNc1ccc2ncc(-c3ccncc3OC)n2n1. The molecular weight excluding hydrogens is 324 g/mol. The molecule has 1 amide bonds. The number of pyridine rings is 1. The Labute approximate surface area is 144 Å². The second kappa shape index (κ2) is 7.47. The van der Waals surface area contributed by atoms with Gasteiger partial charge in [-0.25, -0.2) is 14.3 Å². The number of nitrogens with one attached hydrogen (secondary N) is 2. The molecule has 3 aromatic heterocycles. The smallest absolute Gasteiger partial charge is 0.406 e. The van der Waals surface area contributed by atoms with Crippen LogP contribution in [-0.2, 0) is 4.74 Å². The van der Waals surface area contributed by atoms with E-state index in [1.807, 2.05) is 18.2 Å². The molecule has 130 valence electrons. The van der Waals surface area contributed by atoms with Crippen molar-refractivity contribution in [3.05, 3.63) is 36.8 Å². The maximum Gasteiger partial charge on any atom is 0.406 e. The number of rotatable bonds is 6. The molecule has 0 fully saturated rings. The average molecular weight is 342 g/mol. The van der Waals surface area contributed by atoms with Gasteiger partial charge in [0.15, 0.2) is 5.65 Å². The molecule has 0 unspecified atom stereocenters. The first-order chi connectivity index (χ1) is 12.2. The summed E-state index contributed by atoms with van der Waals surface area (Å²) in [7, 11) is 3.11. The number of nitrogens with zero attached hydrogens (tertiary/aromatic N) is 4. The Bertz CT molecular complexity index is 879. The summed E-state index contributed by atoms with van der Waals surface area (Å²) in [4.78, 5) is 19.4. The lowest BCUT2D eigenvalue weighted by Gasteiger charge is -2.09. The molecule has 3 heterocycles. The van der Waals surface area contributed by atoms with Gasteiger partial charge in [-0.05, 0) is 18.2 Å². The van der Waals surface area contributed by atoms with Crippen molar-refractivity contribution in [2.24, 2.45) is 0 Å². The van der Waals surface area contributed by atoms with Gasteiger partial charge in [0, 0.05) is 18.8 Å². The predicted molar refractivity (Wildman–Crippen MR) is 91.7 cm³/mol. The van der Waals surface area contributed by atoms with Crippen molar-refractivity contribution in [2.75, 3.05) is 32.6 Å². The van der Waals surface area contributed by atoms with Crippen LogP contribution in [0.2, 0.25) is 0 Å². The van der Waals surface area contributed by atoms with Crippen molar-refractivity contribution in [3.63, 3.8) is 0 Å². The fourth-order valence-electron chi connectivity index (χ4n) is 2.30. The fraction of sp³-hybridized carbons (Fsp3) is 0.250. The van der Waals surface area contributed by atoms with Gasteiger partial charge in [0.1, 0.15) is 18.2 Å². The summed E-state index contributed by atoms with van der Waals surface area (Å²) in [5.41, 5.74) is 2.35. The molecule has 0 bridgehead atoms. The molecule has 0 radical (unpaired) electrons. The van der Waals surface area contributed by atoms with E-state index in [0.717, 1.165) is 11.3 Å². The van der Waals surface area contributed by atoms with Crippen molar-refractivity contribution < 1.29 is 14.3 Å². The Kier molecular flexibility index (Phi) is 4.93. The number of hydrogen-bond donors (Lipinski definition) is 2. The summed E-state index contributed by atoms with van der Waals surface area (Å²) in [6.07, 6.45) is 4.60. The quantitative estimate of drug-likeness (QED) is 0.655. The summed E-state index contributed by atoms with van der Waals surface area (Å²) in [6, 6.07) is 5.52. The van der Waals surface area contributed by atoms with Gasteiger partial charge in [-0.1, -0.05) is 0 Å². The highest BCUT2D eigenvalue weighted by Crippen LogP contribution is 2.28. The number of carbonyl (C=O) groups is 1. The normalized spacial score (nSPS) is 10.5. The average Bonchev–Trinajstić information content (AvgIpc) is 3.08. The second-order valence-corrected chi connectivity index (χ2v) is 5.02. The number of ether oxygens (including phenoxy) is 2. The first kappa shape index (κ1) is 16.5. The van der Waals surface area contributed by atoms with E-state index < -0.39 is 6.09 Å². The number of aromatic nitrogens is 4. The van der Waals surface area contributed by atoms with Gasteiger partial charge in [0.05, 0.1) is 31.7 Å². The van der Waals surface area contributed by atoms with E-state index >= 15 is 0 Å². The lowest BCUT2D eigenvalue weighted by Crippen LogP contribution is -2.22. The molecule has 0 aliphatic heterocycles. The summed E-state index contributed by atoms with van der Waals surface area (Å²) in [5.74, 6) is 1.28. The zero-order valence-corrected chi connectivity index (χ0v) is 13.9. The van der Waals surface area contributed by atoms with Crippen LogP contribution in [0.1, 0.15) is 0 Å². The predicted octanol–water partition coefficient (Wildman–Crippen LogP) is 1.57. The van der Waals surface area contributed by atoms with E-state index in [4.69, 9.17) is 9.47 Å². The zero-order chi connectivity index (χ0) is 17.6. The molecule has 9 heteroatoms. The summed E-state index contributed by atoms with van der Waals surface area (Å²) in [5, 5.41) is 10.0. The maximum atomic E-state index is 11.0. The summed E-state index contributed by atoms with van der Waals surface area (Å²) >= 11 is 0. The molecule has 25 heavy (non-hydrogen) atoms. The van der Waals surface area contributed by atoms with Gasteiger partial charge >= 0.3 is 6.09 Å². The van der Waals surface area contributed by atoms with Crippen LogP contribution in [-0.4, -0.2) is 53.0 Å². The number of amides is 1. The van der Waals surface area contributed by atoms with E-state index in [2.05, 4.69) is 25.7 Å². The molecule has 0 saturated carbocycles. The highest BCUT2D eigenvalue weighted by molar-refractivity contribution is 5.69. The molecule has 0 aromatic carbocycles. The van der Waals surface area contributed by atoms with Crippen molar-refractivity contribution in [2.45, 2.75) is 0 Å². The van der Waals surface area contributed by atoms with Gasteiger partial charge in [-0.2, -0.15) is 0 Å². The van der Waals surface area contributed by atoms with Crippen LogP contribution in [0.25, 0.3) is 16.9 Å². The molecule has 0 spiro atoms. The molecule has 0 aliphatic rings. The summed E-state index contributed by atoms with van der Waals surface area (Å²) < 4.78 is 12.0. The Morgan fingerprint density at radius 3 is 2.96 bits per heavy atom. The fourth-order valence-corrected chi connectivity index (χ4v) is 2.30. The highest BCUT2D eigenvalue weighted by Gasteiger charge is 2.12. The third kappa shape index (κ3) is 3.60. The highest BCUT2D eigenvalue weighted by atomic mass is 16.5. The van der Waals surface area contributed by atoms with E-state index in [-0.39, 0.29) is 6.61 Å². The van der Waals surface area contributed by atoms with Crippen LogP contribution in [0.3, 0.4) is 0 Å². The van der Waals surface area contributed by atoms with E-state index in [9.17, 15) is 4.79 Å². The molecule has 3 rings (SSSR count). The van der Waals surface area contributed by atoms with E-state index in [0.29, 0.717) is 23.8 Å². The minimum atomic E-state index is -0.466. The lowest BCUT2D eigenvalue weighted by atomic mass is 10.2. The van der Waals surface area contributed by atoms with Crippen molar-refractivity contribution >= 4 is 17.6 Å². The number of carbonyl (C=O) groups excluding carboxylic acids is 1. The van der Waals surface area contributed by atoms with Crippen LogP contribution < -0.4 is 15.4 Å². The minimum Gasteiger partial charge on any atom is -0.494 e. The first-order valence-electron chi connectivity index (χ1n) is 7.64. The Balaban J connectivity index is 1.81. The first-order valence-corrected chi connectivity index (χ1v) is 7.64. The Morgan fingerprint density at radius 1 is 1.28 bits per heavy atom. The summed E-state index contributed by atoms with van der Waals surface area (Å²) in [6.45, 7) is 0.670. The number of imidazole rings is 1. The lowest BCUT2D eigenvalue weighted by molar-refractivity contribution is 0.153. The number of hydrogen-bond acceptors (Lipinski definition) is 7. The molecule has 3 aromatic rings. The number of fused-ring (bicyclic) bond motifs is 1. The third-order valence-electron chi connectivity index (χ3n) is 3.49. The van der Waals surface area contributed by atoms with Crippen LogP contribution in [0.5, 0.6) is 5.75 Å². The van der Waals surface area contributed by atoms with Gasteiger partial charge in [0.2, 0.25) is 0 Å². The third-order valence-corrected chi connectivity index (χ3v) is 3.49. The van der Waals surface area contributed by atoms with Crippen LogP contribution >= 0.6 is 0 Å². The molecule has 2 N–H and O–H groups in total. The number of methoxy groups -OCH3 is 1. The monoisotopic (exact) mass is 342 g/mol. The van der Waals surface area contributed by atoms with Gasteiger partial charge in [0.25, 0.3) is 0 Å². The van der Waals surface area contributed by atoms with Crippen LogP contribution in [0.4, 0.5) is 10.6 Å². The Hall–Kier alpha value is -3.36. The molecular formula is C16H18N6O3. The topological polar surface area (TPSA) is 103 Å². The van der Waals surface area contributed by atoms with Crippen molar-refractivity contribution in [1.29, 1.82) is 0 Å². The maximum absolute atomic E-state index is 11.0. The molecule has 9 nitrogen and oxygen atoms in total. The minimum absolute atomic E-state index is 0.231. The Morgan fingerprint density at radius 2 is 2.16 bits per heavy atom. The van der Waals surface area contributed by atoms with Crippen LogP contribution in [0, 0.1) is 0 Å². The number of anilines is 1. The van der Waals surface area contributed by atoms with E-state index in [1.54, 1.807) is 30.2 Å². The largest absolute Gasteiger partial charge is 0.494 e. The van der Waals surface area contributed by atoms with Crippen molar-refractivity contribution in [1.82, 2.24) is 24.9 Å². The van der Waals surface area contributed by atoms with Gasteiger partial charge in [-0.3, -0.25) is 4.98 Å². The van der Waals surface area contributed by atoms with Gasteiger partial charge in [-0.15, -0.1) is 5.10 Å². The van der Waals surface area contributed by atoms with Crippen molar-refractivity contribution in [3.8, 4) is 17.0 Å².